The topological polar surface area (TPSA) is 134 Å². The molecule has 4 rings (SSSR count). The number of fused-ring (bicyclic) bond motifs is 1. The Morgan fingerprint density at radius 2 is 1.91 bits per heavy atom. The number of carbonyl (C=O) groups excluding carboxylic acids is 2. The summed E-state index contributed by atoms with van der Waals surface area (Å²) in [5.74, 6) is -0.764. The van der Waals surface area contributed by atoms with E-state index in [-0.39, 0.29) is 35.1 Å². The van der Waals surface area contributed by atoms with Crippen molar-refractivity contribution in [1.82, 2.24) is 14.7 Å². The van der Waals surface area contributed by atoms with Crippen molar-refractivity contribution < 1.29 is 9.59 Å². The number of amides is 2. The van der Waals surface area contributed by atoms with E-state index in [1.54, 1.807) is 12.3 Å². The van der Waals surface area contributed by atoms with Crippen molar-refractivity contribution in [3.05, 3.63) is 81.3 Å². The van der Waals surface area contributed by atoms with Crippen LogP contribution >= 0.6 is 0 Å². The summed E-state index contributed by atoms with van der Waals surface area (Å²) >= 11 is 0. The zero-order valence-electron chi connectivity index (χ0n) is 19.4. The maximum absolute atomic E-state index is 13.5. The smallest absolute Gasteiger partial charge is 0.267 e. The van der Waals surface area contributed by atoms with Crippen LogP contribution in [0.5, 0.6) is 0 Å². The lowest BCUT2D eigenvalue weighted by Crippen LogP contribution is -2.40. The number of hydrogen-bond acceptors (Lipinski definition) is 6. The van der Waals surface area contributed by atoms with Crippen molar-refractivity contribution in [3.63, 3.8) is 0 Å². The number of hydrogen-bond donors (Lipinski definition) is 2. The zero-order chi connectivity index (χ0) is 24.9. The lowest BCUT2D eigenvalue weighted by atomic mass is 9.96. The van der Waals surface area contributed by atoms with Gasteiger partial charge in [-0.3, -0.25) is 18.8 Å². The lowest BCUT2D eigenvalue weighted by Gasteiger charge is -2.32. The summed E-state index contributed by atoms with van der Waals surface area (Å²) in [4.78, 5) is 44.6. The van der Waals surface area contributed by atoms with Gasteiger partial charge in [0.2, 0.25) is 5.91 Å². The Morgan fingerprint density at radius 3 is 2.57 bits per heavy atom. The van der Waals surface area contributed by atoms with Gasteiger partial charge in [0, 0.05) is 31.7 Å². The molecule has 1 aromatic carbocycles. The van der Waals surface area contributed by atoms with Crippen LogP contribution in [0.1, 0.15) is 29.5 Å². The van der Waals surface area contributed by atoms with Gasteiger partial charge in [-0.05, 0) is 43.0 Å². The number of aromatic nitrogens is 2. The first kappa shape index (κ1) is 23.7. The highest BCUT2D eigenvalue weighted by Gasteiger charge is 2.27. The second kappa shape index (κ2) is 10.2. The molecule has 3 aromatic rings. The molecule has 1 saturated heterocycles. The third-order valence-corrected chi connectivity index (χ3v) is 6.21. The summed E-state index contributed by atoms with van der Waals surface area (Å²) in [6.45, 7) is 3.06. The van der Waals surface area contributed by atoms with E-state index in [1.165, 1.54) is 10.5 Å². The number of nitrogens with zero attached hydrogens (tertiary/aromatic N) is 4. The van der Waals surface area contributed by atoms with Crippen LogP contribution in [0, 0.1) is 24.2 Å². The van der Waals surface area contributed by atoms with Gasteiger partial charge in [-0.2, -0.15) is 5.26 Å². The fraction of sp³-hybridized carbons (Fsp3) is 0.269. The summed E-state index contributed by atoms with van der Waals surface area (Å²) in [5.41, 5.74) is 7.24. The Balaban J connectivity index is 1.74. The highest BCUT2D eigenvalue weighted by molar-refractivity contribution is 6.02. The molecule has 0 aliphatic carbocycles. The van der Waals surface area contributed by atoms with Crippen molar-refractivity contribution in [3.8, 4) is 6.07 Å². The van der Waals surface area contributed by atoms with Crippen LogP contribution < -0.4 is 21.5 Å². The van der Waals surface area contributed by atoms with E-state index in [1.807, 2.05) is 54.3 Å². The molecule has 0 bridgehead atoms. The molecule has 178 valence electrons. The molecule has 3 N–H and O–H groups in total. The van der Waals surface area contributed by atoms with E-state index in [4.69, 9.17) is 10.7 Å². The number of pyridine rings is 1. The Bertz CT molecular complexity index is 1400. The lowest BCUT2D eigenvalue weighted by molar-refractivity contribution is -0.122. The SMILES string of the molecule is Cc1cccn2c(=O)c(/C=C(\C#N)C(=O)NCc3ccccc3)c(N3CCC(C(N)=O)CC3)nc12. The Kier molecular flexibility index (Phi) is 6.92. The standard InChI is InChI=1S/C26H26N6O3/c1-17-6-5-11-32-23(17)30-24(31-12-9-19(10-13-31)22(28)33)21(26(32)35)14-20(15-27)25(34)29-16-18-7-3-2-4-8-18/h2-8,11,14,19H,9-10,12-13,16H2,1H3,(H2,28,33)(H,29,34)/b20-14+. The molecule has 9 heteroatoms. The Morgan fingerprint density at radius 1 is 1.20 bits per heavy atom. The number of primary amides is 1. The van der Waals surface area contributed by atoms with E-state index in [0.717, 1.165) is 11.1 Å². The van der Waals surface area contributed by atoms with Crippen LogP contribution in [0.25, 0.3) is 11.7 Å². The minimum absolute atomic E-state index is 0.150. The first-order valence-electron chi connectivity index (χ1n) is 11.4. The van der Waals surface area contributed by atoms with Gasteiger partial charge in [-0.15, -0.1) is 0 Å². The van der Waals surface area contributed by atoms with Crippen LogP contribution in [-0.2, 0) is 16.1 Å². The number of rotatable bonds is 6. The van der Waals surface area contributed by atoms with E-state index >= 15 is 0 Å². The van der Waals surface area contributed by atoms with Crippen LogP contribution in [0.4, 0.5) is 5.82 Å². The van der Waals surface area contributed by atoms with Crippen molar-refractivity contribution in [2.75, 3.05) is 18.0 Å². The van der Waals surface area contributed by atoms with Crippen molar-refractivity contribution >= 4 is 29.4 Å². The molecule has 1 fully saturated rings. The van der Waals surface area contributed by atoms with Crippen molar-refractivity contribution in [2.45, 2.75) is 26.3 Å². The molecule has 3 heterocycles. The Labute approximate surface area is 202 Å². The molecule has 1 aliphatic rings. The summed E-state index contributed by atoms with van der Waals surface area (Å²) in [6.07, 6.45) is 3.99. The van der Waals surface area contributed by atoms with E-state index < -0.39 is 5.91 Å². The summed E-state index contributed by atoms with van der Waals surface area (Å²) < 4.78 is 1.41. The first-order chi connectivity index (χ1) is 16.9. The molecule has 0 unspecified atom stereocenters. The van der Waals surface area contributed by atoms with Gasteiger partial charge in [-0.25, -0.2) is 4.98 Å². The van der Waals surface area contributed by atoms with Crippen molar-refractivity contribution in [2.24, 2.45) is 11.7 Å². The number of nitriles is 1. The fourth-order valence-electron chi connectivity index (χ4n) is 4.21. The van der Waals surface area contributed by atoms with Crippen LogP contribution in [0.3, 0.4) is 0 Å². The minimum atomic E-state index is -0.580. The van der Waals surface area contributed by atoms with Gasteiger partial charge in [0.05, 0.1) is 5.56 Å². The molecule has 0 spiro atoms. The summed E-state index contributed by atoms with van der Waals surface area (Å²) in [7, 11) is 0. The number of carbonyl (C=O) groups is 2. The predicted octanol–water partition coefficient (Wildman–Crippen LogP) is 1.93. The first-order valence-corrected chi connectivity index (χ1v) is 11.4. The van der Waals surface area contributed by atoms with Crippen LogP contribution in [0.15, 0.2) is 59.0 Å². The zero-order valence-corrected chi connectivity index (χ0v) is 19.4. The molecule has 2 amide bonds. The number of piperidine rings is 1. The molecular weight excluding hydrogens is 444 g/mol. The molecule has 35 heavy (non-hydrogen) atoms. The largest absolute Gasteiger partial charge is 0.369 e. The van der Waals surface area contributed by atoms with Gasteiger partial charge >= 0.3 is 0 Å². The quantitative estimate of drug-likeness (QED) is 0.418. The molecule has 1 aliphatic heterocycles. The van der Waals surface area contributed by atoms with Crippen LogP contribution in [-0.4, -0.2) is 34.3 Å². The number of aryl methyl sites for hydroxylation is 1. The minimum Gasteiger partial charge on any atom is -0.369 e. The predicted molar refractivity (Wildman–Crippen MR) is 132 cm³/mol. The molecule has 9 nitrogen and oxygen atoms in total. The second-order valence-corrected chi connectivity index (χ2v) is 8.54. The maximum atomic E-state index is 13.5. The van der Waals surface area contributed by atoms with E-state index in [0.29, 0.717) is 37.4 Å². The third kappa shape index (κ3) is 5.06. The third-order valence-electron chi connectivity index (χ3n) is 6.21. The number of nitrogens with two attached hydrogens (primary N) is 1. The van der Waals surface area contributed by atoms with Gasteiger partial charge < -0.3 is 16.0 Å². The Hall–Kier alpha value is -4.45. The van der Waals surface area contributed by atoms with Crippen LogP contribution in [0.2, 0.25) is 0 Å². The van der Waals surface area contributed by atoms with E-state index in [2.05, 4.69) is 5.32 Å². The highest BCUT2D eigenvalue weighted by atomic mass is 16.2. The monoisotopic (exact) mass is 470 g/mol. The number of nitrogens with one attached hydrogen (secondary N) is 1. The average Bonchev–Trinajstić information content (AvgIpc) is 2.88. The molecule has 0 saturated carbocycles. The van der Waals surface area contributed by atoms with Gasteiger partial charge in [0.1, 0.15) is 23.1 Å². The molecule has 0 atom stereocenters. The normalized spacial score (nSPS) is 14.5. The van der Waals surface area contributed by atoms with Crippen molar-refractivity contribution in [1.29, 1.82) is 5.26 Å². The number of anilines is 1. The van der Waals surface area contributed by atoms with E-state index in [9.17, 15) is 19.6 Å². The molecule has 2 aromatic heterocycles. The summed E-state index contributed by atoms with van der Waals surface area (Å²) in [5, 5.41) is 12.5. The summed E-state index contributed by atoms with van der Waals surface area (Å²) in [6, 6.07) is 14.9. The maximum Gasteiger partial charge on any atom is 0.267 e. The number of benzene rings is 1. The second-order valence-electron chi connectivity index (χ2n) is 8.54. The average molecular weight is 471 g/mol. The highest BCUT2D eigenvalue weighted by Crippen LogP contribution is 2.26. The van der Waals surface area contributed by atoms with Gasteiger partial charge in [-0.1, -0.05) is 36.4 Å². The van der Waals surface area contributed by atoms with Gasteiger partial charge in [0.15, 0.2) is 0 Å². The molecule has 0 radical (unpaired) electrons. The van der Waals surface area contributed by atoms with Gasteiger partial charge in [0.25, 0.3) is 11.5 Å². The fourth-order valence-corrected chi connectivity index (χ4v) is 4.21. The molecular formula is C26H26N6O3.